The number of carbonyl (C=O) groups excluding carboxylic acids is 2. The summed E-state index contributed by atoms with van der Waals surface area (Å²) in [6.07, 6.45) is 16.2. The fourth-order valence-electron chi connectivity index (χ4n) is 4.94. The number of piperazine rings is 1. The van der Waals surface area contributed by atoms with E-state index in [0.29, 0.717) is 17.9 Å². The number of hydrogen-bond acceptors (Lipinski definition) is 7. The normalized spacial score (nSPS) is 14.3. The van der Waals surface area contributed by atoms with Crippen molar-refractivity contribution >= 4 is 29.8 Å². The van der Waals surface area contributed by atoms with Gasteiger partial charge in [-0.05, 0) is 109 Å². The second-order valence-electron chi connectivity index (χ2n) is 12.0. The first-order chi connectivity index (χ1) is 22.3. The minimum Gasteiger partial charge on any atom is -0.463 e. The van der Waals surface area contributed by atoms with Crippen LogP contribution < -0.4 is 10.1 Å². The van der Waals surface area contributed by atoms with Crippen LogP contribution in [0.15, 0.2) is 94.4 Å². The number of rotatable bonds is 18. The van der Waals surface area contributed by atoms with Crippen LogP contribution in [0.25, 0.3) is 6.08 Å². The third-order valence-electron chi connectivity index (χ3n) is 7.73. The van der Waals surface area contributed by atoms with E-state index < -0.39 is 0 Å². The third kappa shape index (κ3) is 15.3. The molecule has 1 aliphatic heterocycles. The first-order valence-corrected chi connectivity index (χ1v) is 17.6. The van der Waals surface area contributed by atoms with Gasteiger partial charge in [-0.1, -0.05) is 59.2 Å². The Labute approximate surface area is 281 Å². The summed E-state index contributed by atoms with van der Waals surface area (Å²) in [5.74, 6) is 0.504. The summed E-state index contributed by atoms with van der Waals surface area (Å²) >= 11 is 1.64. The summed E-state index contributed by atoms with van der Waals surface area (Å²) in [6, 6.07) is 14.7. The van der Waals surface area contributed by atoms with Gasteiger partial charge in [0.2, 0.25) is 0 Å². The SMILES string of the molecule is CC(C)=CCC/C(C)=C/CC/C(C)=C/CSc1ccccc1C(=O)Oc1ccc(/C=C/C(=O)OCCCCN2CCNCC2)cc1. The summed E-state index contributed by atoms with van der Waals surface area (Å²) in [5, 5.41) is 3.35. The quantitative estimate of drug-likeness (QED) is 0.0435. The minimum absolute atomic E-state index is 0.352. The van der Waals surface area contributed by atoms with E-state index in [2.05, 4.69) is 56.1 Å². The topological polar surface area (TPSA) is 67.9 Å². The molecule has 1 saturated heterocycles. The van der Waals surface area contributed by atoms with Crippen LogP contribution in [0.3, 0.4) is 0 Å². The van der Waals surface area contributed by atoms with Crippen LogP contribution in [0.4, 0.5) is 0 Å². The fourth-order valence-corrected chi connectivity index (χ4v) is 5.97. The molecule has 1 heterocycles. The van der Waals surface area contributed by atoms with E-state index >= 15 is 0 Å². The van der Waals surface area contributed by atoms with E-state index in [4.69, 9.17) is 9.47 Å². The van der Waals surface area contributed by atoms with Crippen LogP contribution in [-0.2, 0) is 9.53 Å². The lowest BCUT2D eigenvalue weighted by atomic mass is 10.1. The zero-order chi connectivity index (χ0) is 33.0. The molecule has 0 radical (unpaired) electrons. The van der Waals surface area contributed by atoms with E-state index in [1.165, 1.54) is 22.8 Å². The maximum absolute atomic E-state index is 13.0. The van der Waals surface area contributed by atoms with Crippen molar-refractivity contribution in [3.05, 3.63) is 101 Å². The average Bonchev–Trinajstić information content (AvgIpc) is 3.05. The largest absolute Gasteiger partial charge is 0.463 e. The highest BCUT2D eigenvalue weighted by Gasteiger charge is 2.14. The van der Waals surface area contributed by atoms with Gasteiger partial charge in [0.05, 0.1) is 12.2 Å². The summed E-state index contributed by atoms with van der Waals surface area (Å²) in [7, 11) is 0. The monoisotopic (exact) mass is 644 g/mol. The Kier molecular flexibility index (Phi) is 17.3. The zero-order valence-electron chi connectivity index (χ0n) is 28.2. The number of thioether (sulfide) groups is 1. The van der Waals surface area contributed by atoms with Crippen molar-refractivity contribution in [1.29, 1.82) is 0 Å². The molecule has 0 aliphatic carbocycles. The molecule has 46 heavy (non-hydrogen) atoms. The molecule has 0 amide bonds. The molecule has 0 aromatic heterocycles. The molecule has 6 nitrogen and oxygen atoms in total. The van der Waals surface area contributed by atoms with Gasteiger partial charge in [-0.2, -0.15) is 0 Å². The number of nitrogens with zero attached hydrogens (tertiary/aromatic N) is 1. The van der Waals surface area contributed by atoms with Crippen LogP contribution in [0.2, 0.25) is 0 Å². The number of hydrogen-bond donors (Lipinski definition) is 1. The van der Waals surface area contributed by atoms with E-state index in [9.17, 15) is 9.59 Å². The zero-order valence-corrected chi connectivity index (χ0v) is 29.0. The standard InChI is InChI=1S/C39H52N2O4S/c1-31(2)11-9-12-32(3)13-10-14-33(4)23-30-46-37-16-6-5-15-36(37)39(43)45-35-20-17-34(18-21-35)19-22-38(42)44-29-8-7-26-41-27-24-40-25-28-41/h5-6,11,13,15-23,40H,7-10,12,14,24-30H2,1-4H3/b22-19+,32-13+,33-23+. The second kappa shape index (κ2) is 21.4. The van der Waals surface area contributed by atoms with Crippen LogP contribution >= 0.6 is 11.8 Å². The van der Waals surface area contributed by atoms with Gasteiger partial charge in [-0.25, -0.2) is 9.59 Å². The number of esters is 2. The molecule has 1 N–H and O–H groups in total. The summed E-state index contributed by atoms with van der Waals surface area (Å²) in [6.45, 7) is 14.4. The van der Waals surface area contributed by atoms with Gasteiger partial charge in [0.1, 0.15) is 5.75 Å². The van der Waals surface area contributed by atoms with Crippen LogP contribution in [0.5, 0.6) is 5.75 Å². The van der Waals surface area contributed by atoms with E-state index in [1.807, 2.05) is 30.3 Å². The average molecular weight is 645 g/mol. The summed E-state index contributed by atoms with van der Waals surface area (Å²) in [5.41, 5.74) is 5.54. The third-order valence-corrected chi connectivity index (χ3v) is 8.73. The molecule has 0 bridgehead atoms. The minimum atomic E-state index is -0.388. The summed E-state index contributed by atoms with van der Waals surface area (Å²) < 4.78 is 11.0. The highest BCUT2D eigenvalue weighted by Crippen LogP contribution is 2.25. The number of carbonyl (C=O) groups is 2. The predicted octanol–water partition coefficient (Wildman–Crippen LogP) is 8.66. The van der Waals surface area contributed by atoms with Crippen molar-refractivity contribution in [3.8, 4) is 5.75 Å². The van der Waals surface area contributed by atoms with Gasteiger partial charge in [-0.3, -0.25) is 0 Å². The smallest absolute Gasteiger partial charge is 0.344 e. The molecule has 0 atom stereocenters. The summed E-state index contributed by atoms with van der Waals surface area (Å²) in [4.78, 5) is 28.5. The Morgan fingerprint density at radius 1 is 0.870 bits per heavy atom. The molecule has 0 saturated carbocycles. The Bertz CT molecular complexity index is 1350. The first-order valence-electron chi connectivity index (χ1n) is 16.6. The van der Waals surface area contributed by atoms with Crippen molar-refractivity contribution in [1.82, 2.24) is 10.2 Å². The molecule has 1 aliphatic rings. The Morgan fingerprint density at radius 3 is 2.30 bits per heavy atom. The number of nitrogens with one attached hydrogen (secondary N) is 1. The molecule has 7 heteroatoms. The van der Waals surface area contributed by atoms with Gasteiger partial charge in [-0.15, -0.1) is 11.8 Å². The lowest BCUT2D eigenvalue weighted by Gasteiger charge is -2.26. The molecule has 3 rings (SSSR count). The van der Waals surface area contributed by atoms with Gasteiger partial charge in [0.25, 0.3) is 0 Å². The van der Waals surface area contributed by atoms with E-state index in [0.717, 1.165) is 87.5 Å². The molecule has 0 spiro atoms. The van der Waals surface area contributed by atoms with Crippen molar-refractivity contribution in [2.24, 2.45) is 0 Å². The van der Waals surface area contributed by atoms with Gasteiger partial charge >= 0.3 is 11.9 Å². The van der Waals surface area contributed by atoms with Gasteiger partial charge in [0.15, 0.2) is 0 Å². The lowest BCUT2D eigenvalue weighted by molar-refractivity contribution is -0.137. The Balaban J connectivity index is 1.39. The second-order valence-corrected chi connectivity index (χ2v) is 13.1. The van der Waals surface area contributed by atoms with Crippen molar-refractivity contribution < 1.29 is 19.1 Å². The van der Waals surface area contributed by atoms with Crippen molar-refractivity contribution in [2.75, 3.05) is 45.1 Å². The Hall–Kier alpha value is -3.39. The predicted molar refractivity (Wildman–Crippen MR) is 193 cm³/mol. The maximum atomic E-state index is 13.0. The van der Waals surface area contributed by atoms with E-state index in [1.54, 1.807) is 36.0 Å². The highest BCUT2D eigenvalue weighted by molar-refractivity contribution is 7.99. The van der Waals surface area contributed by atoms with E-state index in [-0.39, 0.29) is 11.9 Å². The molecule has 1 fully saturated rings. The number of allylic oxidation sites excluding steroid dienone is 5. The van der Waals surface area contributed by atoms with Crippen molar-refractivity contribution in [3.63, 3.8) is 0 Å². The maximum Gasteiger partial charge on any atom is 0.344 e. The number of unbranched alkanes of at least 4 members (excludes halogenated alkanes) is 1. The highest BCUT2D eigenvalue weighted by atomic mass is 32.2. The molecular weight excluding hydrogens is 593 g/mol. The Morgan fingerprint density at radius 2 is 1.57 bits per heavy atom. The lowest BCUT2D eigenvalue weighted by Crippen LogP contribution is -2.43. The van der Waals surface area contributed by atoms with Crippen molar-refractivity contribution in [2.45, 2.75) is 71.1 Å². The van der Waals surface area contributed by atoms with Crippen LogP contribution in [-0.4, -0.2) is 61.9 Å². The van der Waals surface area contributed by atoms with Crippen LogP contribution in [0.1, 0.15) is 82.1 Å². The van der Waals surface area contributed by atoms with Gasteiger partial charge < -0.3 is 19.7 Å². The molecule has 2 aromatic carbocycles. The van der Waals surface area contributed by atoms with Gasteiger partial charge in [0, 0.05) is 42.9 Å². The van der Waals surface area contributed by atoms with Crippen LogP contribution in [0, 0.1) is 0 Å². The fraction of sp³-hybridized carbons (Fsp3) is 0.436. The number of benzene rings is 2. The first kappa shape index (κ1) is 37.1. The molecule has 0 unspecified atom stereocenters. The number of ether oxygens (including phenoxy) is 2. The molecule has 248 valence electrons. The molecule has 2 aromatic rings. The molecular formula is C39H52N2O4S.